The van der Waals surface area contributed by atoms with Crippen molar-refractivity contribution in [2.24, 2.45) is 0 Å². The molecule has 2 heterocycles. The monoisotopic (exact) mass is 535 g/mol. The number of rotatable bonds is 8. The van der Waals surface area contributed by atoms with E-state index in [2.05, 4.69) is 22.3 Å². The molecule has 0 aliphatic carbocycles. The third-order valence-electron chi connectivity index (χ3n) is 6.99. The van der Waals surface area contributed by atoms with Crippen LogP contribution in [0.5, 0.6) is 11.5 Å². The zero-order valence-electron chi connectivity index (χ0n) is 21.5. The van der Waals surface area contributed by atoms with Crippen LogP contribution in [0, 0.1) is 0 Å². The highest BCUT2D eigenvalue weighted by atomic mass is 32.2. The fourth-order valence-electron chi connectivity index (χ4n) is 4.96. The van der Waals surface area contributed by atoms with Gasteiger partial charge < -0.3 is 14.8 Å². The Morgan fingerprint density at radius 2 is 1.71 bits per heavy atom. The standard InChI is InChI=1S/C29H33N3O5S/c1-36-24-12-14-25(15-13-24)38(34,35)32-21-28(37-27-11-4-3-10-26(27)32)29(33)30-19-22-8-7-9-23(18-22)20-31-16-5-2-6-17-31/h3-4,7-15,18,28H,2,5-6,16-17,19-21H2,1H3,(H,30,33). The fourth-order valence-corrected chi connectivity index (χ4v) is 6.43. The Morgan fingerprint density at radius 3 is 2.47 bits per heavy atom. The van der Waals surface area contributed by atoms with Gasteiger partial charge in [0.25, 0.3) is 15.9 Å². The number of hydrogen-bond donors (Lipinski definition) is 1. The predicted molar refractivity (Wildman–Crippen MR) is 146 cm³/mol. The summed E-state index contributed by atoms with van der Waals surface area (Å²) in [5.74, 6) is 0.541. The molecular weight excluding hydrogens is 502 g/mol. The number of benzene rings is 3. The summed E-state index contributed by atoms with van der Waals surface area (Å²) < 4.78 is 39.5. The second kappa shape index (κ2) is 11.4. The van der Waals surface area contributed by atoms with Gasteiger partial charge in [-0.05, 0) is 73.5 Å². The molecule has 9 heteroatoms. The minimum atomic E-state index is -3.94. The number of sulfonamides is 1. The van der Waals surface area contributed by atoms with Crippen molar-refractivity contribution in [3.63, 3.8) is 0 Å². The minimum absolute atomic E-state index is 0.111. The number of nitrogens with zero attached hydrogens (tertiary/aromatic N) is 2. The topological polar surface area (TPSA) is 88.2 Å². The molecule has 1 unspecified atom stereocenters. The Balaban J connectivity index is 1.29. The van der Waals surface area contributed by atoms with Crippen LogP contribution >= 0.6 is 0 Å². The summed E-state index contributed by atoms with van der Waals surface area (Å²) in [5, 5.41) is 2.94. The summed E-state index contributed by atoms with van der Waals surface area (Å²) in [4.78, 5) is 15.8. The molecule has 1 N–H and O–H groups in total. The second-order valence-corrected chi connectivity index (χ2v) is 11.5. The number of anilines is 1. The lowest BCUT2D eigenvalue weighted by Crippen LogP contribution is -2.50. The maximum atomic E-state index is 13.6. The highest BCUT2D eigenvalue weighted by Gasteiger charge is 2.37. The molecule has 0 saturated carbocycles. The lowest BCUT2D eigenvalue weighted by Gasteiger charge is -2.34. The number of hydrogen-bond acceptors (Lipinski definition) is 6. The molecule has 38 heavy (non-hydrogen) atoms. The van der Waals surface area contributed by atoms with E-state index in [-0.39, 0.29) is 17.3 Å². The van der Waals surface area contributed by atoms with Crippen LogP contribution < -0.4 is 19.1 Å². The van der Waals surface area contributed by atoms with Gasteiger partial charge >= 0.3 is 0 Å². The SMILES string of the molecule is COc1ccc(S(=O)(=O)N2CC(C(=O)NCc3cccc(CN4CCCCC4)c3)Oc3ccccc32)cc1. The molecule has 2 aliphatic rings. The van der Waals surface area contributed by atoms with Gasteiger partial charge in [-0.2, -0.15) is 0 Å². The van der Waals surface area contributed by atoms with Crippen LogP contribution in [-0.2, 0) is 27.9 Å². The van der Waals surface area contributed by atoms with E-state index in [0.717, 1.165) is 25.2 Å². The van der Waals surface area contributed by atoms with E-state index in [1.54, 1.807) is 36.4 Å². The molecule has 3 aromatic carbocycles. The minimum Gasteiger partial charge on any atom is -0.497 e. The lowest BCUT2D eigenvalue weighted by molar-refractivity contribution is -0.127. The summed E-state index contributed by atoms with van der Waals surface area (Å²) in [5.41, 5.74) is 2.61. The Morgan fingerprint density at radius 1 is 0.974 bits per heavy atom. The fraction of sp³-hybridized carbons (Fsp3) is 0.345. The van der Waals surface area contributed by atoms with Crippen molar-refractivity contribution >= 4 is 21.6 Å². The molecule has 0 aromatic heterocycles. The number of para-hydroxylation sites is 2. The molecule has 200 valence electrons. The van der Waals surface area contributed by atoms with Gasteiger partial charge in [-0.1, -0.05) is 42.8 Å². The van der Waals surface area contributed by atoms with Crippen molar-refractivity contribution in [1.29, 1.82) is 0 Å². The molecule has 0 spiro atoms. The van der Waals surface area contributed by atoms with Crippen LogP contribution in [0.25, 0.3) is 0 Å². The van der Waals surface area contributed by atoms with Gasteiger partial charge in [0.1, 0.15) is 11.5 Å². The van der Waals surface area contributed by atoms with E-state index in [0.29, 0.717) is 23.7 Å². The third kappa shape index (κ3) is 5.79. The molecule has 0 bridgehead atoms. The van der Waals surface area contributed by atoms with Crippen LogP contribution in [0.2, 0.25) is 0 Å². The Bertz CT molecular complexity index is 1370. The van der Waals surface area contributed by atoms with E-state index >= 15 is 0 Å². The quantitative estimate of drug-likeness (QED) is 0.470. The first-order valence-electron chi connectivity index (χ1n) is 12.9. The van der Waals surface area contributed by atoms with E-state index < -0.39 is 16.1 Å². The number of piperidine rings is 1. The van der Waals surface area contributed by atoms with Crippen molar-refractivity contribution in [3.05, 3.63) is 83.9 Å². The number of amides is 1. The van der Waals surface area contributed by atoms with Crippen molar-refractivity contribution in [2.45, 2.75) is 43.4 Å². The first-order valence-corrected chi connectivity index (χ1v) is 14.4. The largest absolute Gasteiger partial charge is 0.497 e. The van der Waals surface area contributed by atoms with Crippen molar-refractivity contribution in [3.8, 4) is 11.5 Å². The van der Waals surface area contributed by atoms with Gasteiger partial charge in [0.2, 0.25) is 0 Å². The predicted octanol–water partition coefficient (Wildman–Crippen LogP) is 3.95. The Labute approximate surface area is 224 Å². The van der Waals surface area contributed by atoms with E-state index in [4.69, 9.17) is 9.47 Å². The van der Waals surface area contributed by atoms with Crippen LogP contribution in [0.1, 0.15) is 30.4 Å². The van der Waals surface area contributed by atoms with Crippen LogP contribution in [0.4, 0.5) is 5.69 Å². The van der Waals surface area contributed by atoms with Crippen LogP contribution in [0.3, 0.4) is 0 Å². The summed E-state index contributed by atoms with van der Waals surface area (Å²) in [6.45, 7) is 3.35. The van der Waals surface area contributed by atoms with Crippen LogP contribution in [0.15, 0.2) is 77.7 Å². The highest BCUT2D eigenvalue weighted by Crippen LogP contribution is 2.37. The molecule has 0 radical (unpaired) electrons. The van der Waals surface area contributed by atoms with Gasteiger partial charge in [-0.3, -0.25) is 14.0 Å². The van der Waals surface area contributed by atoms with Crippen molar-refractivity contribution in [1.82, 2.24) is 10.2 Å². The number of fused-ring (bicyclic) bond motifs is 1. The molecule has 2 aliphatic heterocycles. The number of nitrogens with one attached hydrogen (secondary N) is 1. The van der Waals surface area contributed by atoms with Gasteiger partial charge in [0.05, 0.1) is 24.2 Å². The molecule has 1 atom stereocenters. The summed E-state index contributed by atoms with van der Waals surface area (Å²) in [6.07, 6.45) is 2.79. The summed E-state index contributed by atoms with van der Waals surface area (Å²) in [7, 11) is -2.42. The normalized spacial score (nSPS) is 17.8. The number of ether oxygens (including phenoxy) is 2. The maximum Gasteiger partial charge on any atom is 0.264 e. The highest BCUT2D eigenvalue weighted by molar-refractivity contribution is 7.92. The smallest absolute Gasteiger partial charge is 0.264 e. The average molecular weight is 536 g/mol. The average Bonchev–Trinajstić information content (AvgIpc) is 2.96. The number of likely N-dealkylation sites (tertiary alicyclic amines) is 1. The Hall–Kier alpha value is -3.56. The third-order valence-corrected chi connectivity index (χ3v) is 8.78. The summed E-state index contributed by atoms with van der Waals surface area (Å²) >= 11 is 0. The number of carbonyl (C=O) groups is 1. The molecule has 8 nitrogen and oxygen atoms in total. The zero-order chi connectivity index (χ0) is 26.5. The van der Waals surface area contributed by atoms with E-state index in [1.807, 2.05) is 12.1 Å². The van der Waals surface area contributed by atoms with E-state index in [1.165, 1.54) is 48.4 Å². The maximum absolute atomic E-state index is 13.6. The molecule has 1 amide bonds. The lowest BCUT2D eigenvalue weighted by atomic mass is 10.1. The van der Waals surface area contributed by atoms with Gasteiger partial charge in [-0.15, -0.1) is 0 Å². The second-order valence-electron chi connectivity index (χ2n) is 9.66. The number of methoxy groups -OCH3 is 1. The first-order chi connectivity index (χ1) is 18.4. The first kappa shape index (κ1) is 26.1. The molecular formula is C29H33N3O5S. The van der Waals surface area contributed by atoms with Crippen molar-refractivity contribution in [2.75, 3.05) is 31.0 Å². The molecule has 3 aromatic rings. The van der Waals surface area contributed by atoms with Crippen LogP contribution in [-0.4, -0.2) is 52.1 Å². The molecule has 1 saturated heterocycles. The van der Waals surface area contributed by atoms with Gasteiger partial charge in [0, 0.05) is 13.1 Å². The van der Waals surface area contributed by atoms with Crippen molar-refractivity contribution < 1.29 is 22.7 Å². The Kier molecular flexibility index (Phi) is 7.85. The molecule has 5 rings (SSSR count). The van der Waals surface area contributed by atoms with Gasteiger partial charge in [-0.25, -0.2) is 8.42 Å². The molecule has 1 fully saturated rings. The summed E-state index contributed by atoms with van der Waals surface area (Å²) in [6, 6.07) is 21.3. The van der Waals surface area contributed by atoms with Gasteiger partial charge in [0.15, 0.2) is 6.10 Å². The number of carbonyl (C=O) groups excluding carboxylic acids is 1. The zero-order valence-corrected chi connectivity index (χ0v) is 22.3. The van der Waals surface area contributed by atoms with E-state index in [9.17, 15) is 13.2 Å².